The molecule has 1 atom stereocenters. The molecule has 17 heavy (non-hydrogen) atoms. The molecule has 0 saturated heterocycles. The van der Waals surface area contributed by atoms with Gasteiger partial charge in [0.1, 0.15) is 0 Å². The number of hydrogen-bond donors (Lipinski definition) is 2. The lowest BCUT2D eigenvalue weighted by Gasteiger charge is -2.22. The third-order valence-corrected chi connectivity index (χ3v) is 3.75. The third kappa shape index (κ3) is 4.14. The van der Waals surface area contributed by atoms with Crippen molar-refractivity contribution in [2.75, 3.05) is 13.1 Å². The molecule has 1 rings (SSSR count). The summed E-state index contributed by atoms with van der Waals surface area (Å²) in [7, 11) is 0. The van der Waals surface area contributed by atoms with Crippen LogP contribution in [0.25, 0.3) is 0 Å². The van der Waals surface area contributed by atoms with Gasteiger partial charge in [-0.15, -0.1) is 0 Å². The zero-order chi connectivity index (χ0) is 12.8. The first-order valence-corrected chi connectivity index (χ1v) is 6.73. The molecule has 2 nitrogen and oxygen atoms in total. The van der Waals surface area contributed by atoms with Crippen molar-refractivity contribution in [1.82, 2.24) is 0 Å². The molecule has 0 radical (unpaired) electrons. The molecule has 0 aliphatic heterocycles. The van der Waals surface area contributed by atoms with Gasteiger partial charge in [-0.05, 0) is 61.5 Å². The SMILES string of the molecule is CCC(CC(CN)CN)c1cc(Cl)ccc1Cl. The van der Waals surface area contributed by atoms with Crippen LogP contribution in [-0.4, -0.2) is 13.1 Å². The zero-order valence-corrected chi connectivity index (χ0v) is 11.6. The molecule has 0 amide bonds. The Hall–Kier alpha value is -0.280. The fourth-order valence-corrected chi connectivity index (χ4v) is 2.48. The fraction of sp³-hybridized carbons (Fsp3) is 0.538. The lowest BCUT2D eigenvalue weighted by Crippen LogP contribution is -2.25. The lowest BCUT2D eigenvalue weighted by molar-refractivity contribution is 0.442. The van der Waals surface area contributed by atoms with E-state index < -0.39 is 0 Å². The Labute approximate surface area is 113 Å². The first kappa shape index (κ1) is 14.8. The highest BCUT2D eigenvalue weighted by molar-refractivity contribution is 6.33. The Morgan fingerprint density at radius 2 is 1.82 bits per heavy atom. The Kier molecular flexibility index (Phi) is 6.28. The highest BCUT2D eigenvalue weighted by Crippen LogP contribution is 2.33. The van der Waals surface area contributed by atoms with Crippen LogP contribution in [0.3, 0.4) is 0 Å². The Balaban J connectivity index is 2.89. The van der Waals surface area contributed by atoms with Crippen LogP contribution in [0.15, 0.2) is 18.2 Å². The van der Waals surface area contributed by atoms with E-state index in [1.165, 1.54) is 0 Å². The summed E-state index contributed by atoms with van der Waals surface area (Å²) in [6.07, 6.45) is 1.97. The number of benzene rings is 1. The van der Waals surface area contributed by atoms with Crippen LogP contribution in [-0.2, 0) is 0 Å². The van der Waals surface area contributed by atoms with Crippen molar-refractivity contribution in [3.63, 3.8) is 0 Å². The maximum absolute atomic E-state index is 6.22. The predicted molar refractivity (Wildman–Crippen MR) is 75.7 cm³/mol. The van der Waals surface area contributed by atoms with Crippen LogP contribution in [0.5, 0.6) is 0 Å². The molecule has 96 valence electrons. The molecule has 0 saturated carbocycles. The van der Waals surface area contributed by atoms with Gasteiger partial charge in [0, 0.05) is 10.0 Å². The largest absolute Gasteiger partial charge is 0.330 e. The van der Waals surface area contributed by atoms with Gasteiger partial charge in [0.2, 0.25) is 0 Å². The van der Waals surface area contributed by atoms with E-state index in [0.717, 1.165) is 28.5 Å². The molecule has 1 unspecified atom stereocenters. The topological polar surface area (TPSA) is 52.0 Å². The van der Waals surface area contributed by atoms with Crippen LogP contribution in [0, 0.1) is 5.92 Å². The number of rotatable bonds is 6. The Morgan fingerprint density at radius 3 is 2.35 bits per heavy atom. The molecule has 0 aliphatic carbocycles. The smallest absolute Gasteiger partial charge is 0.0441 e. The van der Waals surface area contributed by atoms with Crippen molar-refractivity contribution in [2.24, 2.45) is 17.4 Å². The standard InChI is InChI=1S/C13H20Cl2N2/c1-2-10(5-9(7-16)8-17)12-6-11(14)3-4-13(12)15/h3-4,6,9-10H,2,5,7-8,16-17H2,1H3. The van der Waals surface area contributed by atoms with Gasteiger partial charge in [0.15, 0.2) is 0 Å². The second kappa shape index (κ2) is 7.22. The second-order valence-corrected chi connectivity index (χ2v) is 5.19. The molecule has 1 aromatic carbocycles. The normalized spacial score (nSPS) is 13.1. The molecule has 0 fully saturated rings. The second-order valence-electron chi connectivity index (χ2n) is 4.34. The van der Waals surface area contributed by atoms with Gasteiger partial charge in [-0.1, -0.05) is 30.1 Å². The van der Waals surface area contributed by atoms with Gasteiger partial charge in [0.25, 0.3) is 0 Å². The summed E-state index contributed by atoms with van der Waals surface area (Å²) in [5, 5.41) is 1.49. The summed E-state index contributed by atoms with van der Waals surface area (Å²) in [6.45, 7) is 3.38. The molecular formula is C13H20Cl2N2. The third-order valence-electron chi connectivity index (χ3n) is 3.18. The van der Waals surface area contributed by atoms with E-state index in [4.69, 9.17) is 34.7 Å². The molecule has 1 aromatic rings. The molecule has 0 heterocycles. The summed E-state index contributed by atoms with van der Waals surface area (Å²) >= 11 is 12.2. The van der Waals surface area contributed by atoms with Crippen LogP contribution in [0.1, 0.15) is 31.2 Å². The van der Waals surface area contributed by atoms with E-state index in [0.29, 0.717) is 24.9 Å². The Bertz CT molecular complexity index is 351. The van der Waals surface area contributed by atoms with Crippen LogP contribution in [0.2, 0.25) is 10.0 Å². The van der Waals surface area contributed by atoms with E-state index in [-0.39, 0.29) is 0 Å². The predicted octanol–water partition coefficient (Wildman–Crippen LogP) is 3.41. The monoisotopic (exact) mass is 274 g/mol. The van der Waals surface area contributed by atoms with Gasteiger partial charge in [-0.3, -0.25) is 0 Å². The maximum Gasteiger partial charge on any atom is 0.0441 e. The van der Waals surface area contributed by atoms with E-state index in [1.54, 1.807) is 0 Å². The summed E-state index contributed by atoms with van der Waals surface area (Å²) in [5.41, 5.74) is 12.5. The molecular weight excluding hydrogens is 255 g/mol. The van der Waals surface area contributed by atoms with Crippen molar-refractivity contribution >= 4 is 23.2 Å². The zero-order valence-electron chi connectivity index (χ0n) is 10.1. The van der Waals surface area contributed by atoms with Crippen molar-refractivity contribution in [2.45, 2.75) is 25.7 Å². The van der Waals surface area contributed by atoms with Crippen molar-refractivity contribution in [3.8, 4) is 0 Å². The maximum atomic E-state index is 6.22. The van der Waals surface area contributed by atoms with Crippen molar-refractivity contribution < 1.29 is 0 Å². The minimum atomic E-state index is 0.343. The highest BCUT2D eigenvalue weighted by Gasteiger charge is 2.17. The molecule has 0 spiro atoms. The number of halogens is 2. The van der Waals surface area contributed by atoms with Crippen molar-refractivity contribution in [3.05, 3.63) is 33.8 Å². The lowest BCUT2D eigenvalue weighted by atomic mass is 9.87. The van der Waals surface area contributed by atoms with E-state index in [1.807, 2.05) is 18.2 Å². The number of hydrogen-bond acceptors (Lipinski definition) is 2. The minimum Gasteiger partial charge on any atom is -0.330 e. The first-order valence-electron chi connectivity index (χ1n) is 5.97. The van der Waals surface area contributed by atoms with E-state index in [2.05, 4.69) is 6.92 Å². The van der Waals surface area contributed by atoms with Crippen LogP contribution >= 0.6 is 23.2 Å². The summed E-state index contributed by atoms with van der Waals surface area (Å²) < 4.78 is 0. The molecule has 4 N–H and O–H groups in total. The average molecular weight is 275 g/mol. The van der Waals surface area contributed by atoms with Gasteiger partial charge in [-0.25, -0.2) is 0 Å². The van der Waals surface area contributed by atoms with Gasteiger partial charge in [0.05, 0.1) is 0 Å². The van der Waals surface area contributed by atoms with Crippen LogP contribution in [0.4, 0.5) is 0 Å². The molecule has 0 aliphatic rings. The van der Waals surface area contributed by atoms with Gasteiger partial charge in [-0.2, -0.15) is 0 Å². The molecule has 4 heteroatoms. The quantitative estimate of drug-likeness (QED) is 0.835. The number of nitrogens with two attached hydrogens (primary N) is 2. The minimum absolute atomic E-state index is 0.343. The van der Waals surface area contributed by atoms with Crippen molar-refractivity contribution in [1.29, 1.82) is 0 Å². The fourth-order valence-electron chi connectivity index (χ4n) is 2.03. The van der Waals surface area contributed by atoms with Gasteiger partial charge < -0.3 is 11.5 Å². The highest BCUT2D eigenvalue weighted by atomic mass is 35.5. The molecule has 0 bridgehead atoms. The summed E-state index contributed by atoms with van der Waals surface area (Å²) in [5.74, 6) is 0.716. The van der Waals surface area contributed by atoms with E-state index in [9.17, 15) is 0 Å². The van der Waals surface area contributed by atoms with E-state index >= 15 is 0 Å². The van der Waals surface area contributed by atoms with Crippen LogP contribution < -0.4 is 11.5 Å². The average Bonchev–Trinajstić information content (AvgIpc) is 2.34. The molecule has 0 aromatic heterocycles. The summed E-state index contributed by atoms with van der Waals surface area (Å²) in [4.78, 5) is 0. The first-order chi connectivity index (χ1) is 8.12. The van der Waals surface area contributed by atoms with Gasteiger partial charge >= 0.3 is 0 Å². The summed E-state index contributed by atoms with van der Waals surface area (Å²) in [6, 6.07) is 5.60. The Morgan fingerprint density at radius 1 is 1.18 bits per heavy atom.